The number of amides is 1. The maximum atomic E-state index is 12.2. The normalized spacial score (nSPS) is 21.3. The third kappa shape index (κ3) is 4.40. The molecular weight excluding hydrogens is 326 g/mol. The lowest BCUT2D eigenvalue weighted by Gasteiger charge is -2.27. The van der Waals surface area contributed by atoms with Crippen molar-refractivity contribution in [1.82, 2.24) is 15.6 Å². The SMILES string of the molecule is Cc1nc(-c2ccc(CCNC(=O)[C@H]3CCN[C@@H](C)C3)s2)cs1. The van der Waals surface area contributed by atoms with Crippen LogP contribution in [0.1, 0.15) is 29.7 Å². The Morgan fingerprint density at radius 1 is 1.48 bits per heavy atom. The van der Waals surface area contributed by atoms with Crippen LogP contribution in [0.25, 0.3) is 10.6 Å². The lowest BCUT2D eigenvalue weighted by Crippen LogP contribution is -2.42. The molecule has 0 radical (unpaired) electrons. The van der Waals surface area contributed by atoms with Crippen LogP contribution in [0, 0.1) is 12.8 Å². The topological polar surface area (TPSA) is 54.0 Å². The summed E-state index contributed by atoms with van der Waals surface area (Å²) in [5, 5.41) is 9.68. The van der Waals surface area contributed by atoms with Crippen LogP contribution in [0.3, 0.4) is 0 Å². The lowest BCUT2D eigenvalue weighted by molar-refractivity contribution is -0.126. The Labute approximate surface area is 145 Å². The second kappa shape index (κ2) is 7.55. The van der Waals surface area contributed by atoms with E-state index in [4.69, 9.17) is 0 Å². The highest BCUT2D eigenvalue weighted by Crippen LogP contribution is 2.29. The summed E-state index contributed by atoms with van der Waals surface area (Å²) in [6, 6.07) is 4.72. The van der Waals surface area contributed by atoms with Crippen molar-refractivity contribution < 1.29 is 4.79 Å². The zero-order chi connectivity index (χ0) is 16.2. The lowest BCUT2D eigenvalue weighted by atomic mass is 9.92. The van der Waals surface area contributed by atoms with Crippen LogP contribution in [-0.2, 0) is 11.2 Å². The van der Waals surface area contributed by atoms with E-state index in [1.807, 2.05) is 6.92 Å². The zero-order valence-electron chi connectivity index (χ0n) is 13.6. The molecule has 2 N–H and O–H groups in total. The minimum atomic E-state index is 0.170. The van der Waals surface area contributed by atoms with Crippen LogP contribution in [0.15, 0.2) is 17.5 Å². The highest BCUT2D eigenvalue weighted by atomic mass is 32.1. The molecule has 0 unspecified atom stereocenters. The fourth-order valence-corrected chi connectivity index (χ4v) is 4.61. The van der Waals surface area contributed by atoms with Gasteiger partial charge in [0.2, 0.25) is 5.91 Å². The molecule has 1 saturated heterocycles. The van der Waals surface area contributed by atoms with Gasteiger partial charge in [-0.3, -0.25) is 4.79 Å². The quantitative estimate of drug-likeness (QED) is 0.871. The molecule has 1 fully saturated rings. The number of nitrogens with zero attached hydrogens (tertiary/aromatic N) is 1. The number of piperidine rings is 1. The van der Waals surface area contributed by atoms with Gasteiger partial charge in [0.25, 0.3) is 0 Å². The van der Waals surface area contributed by atoms with Crippen molar-refractivity contribution in [3.63, 3.8) is 0 Å². The van der Waals surface area contributed by atoms with Gasteiger partial charge in [-0.25, -0.2) is 4.98 Å². The molecule has 3 rings (SSSR count). The number of hydrogen-bond acceptors (Lipinski definition) is 5. The van der Waals surface area contributed by atoms with Gasteiger partial charge in [-0.05, 0) is 51.8 Å². The molecule has 0 aromatic carbocycles. The van der Waals surface area contributed by atoms with Crippen molar-refractivity contribution in [3.05, 3.63) is 27.4 Å². The molecule has 1 aliphatic heterocycles. The van der Waals surface area contributed by atoms with Gasteiger partial charge in [-0.2, -0.15) is 0 Å². The molecule has 23 heavy (non-hydrogen) atoms. The number of thiophene rings is 1. The minimum Gasteiger partial charge on any atom is -0.355 e. The van der Waals surface area contributed by atoms with E-state index in [9.17, 15) is 4.79 Å². The first kappa shape index (κ1) is 16.6. The number of aromatic nitrogens is 1. The molecule has 6 heteroatoms. The fraction of sp³-hybridized carbons (Fsp3) is 0.529. The van der Waals surface area contributed by atoms with Gasteiger partial charge in [0.15, 0.2) is 0 Å². The third-order valence-corrected chi connectivity index (χ3v) is 6.14. The van der Waals surface area contributed by atoms with Gasteiger partial charge in [-0.15, -0.1) is 22.7 Å². The number of aryl methyl sites for hydroxylation is 1. The molecular formula is C17H23N3OS2. The first-order chi connectivity index (χ1) is 11.1. The standard InChI is InChI=1S/C17H23N3OS2/c1-11-9-13(5-7-18-11)17(21)19-8-6-14-3-4-16(23-14)15-10-22-12(2)20-15/h3-4,10-11,13,18H,5-9H2,1-2H3,(H,19,21)/t11-,13-/m0/s1. The number of rotatable bonds is 5. The molecule has 1 aliphatic rings. The molecule has 2 aromatic rings. The summed E-state index contributed by atoms with van der Waals surface area (Å²) in [6.07, 6.45) is 2.78. The third-order valence-electron chi connectivity index (χ3n) is 4.20. The molecule has 0 spiro atoms. The monoisotopic (exact) mass is 349 g/mol. The first-order valence-electron chi connectivity index (χ1n) is 8.14. The summed E-state index contributed by atoms with van der Waals surface area (Å²) in [6.45, 7) is 5.83. The zero-order valence-corrected chi connectivity index (χ0v) is 15.2. The highest BCUT2D eigenvalue weighted by Gasteiger charge is 2.24. The molecule has 1 amide bonds. The molecule has 2 aromatic heterocycles. The predicted molar refractivity (Wildman–Crippen MR) is 97.1 cm³/mol. The van der Waals surface area contributed by atoms with Crippen LogP contribution in [-0.4, -0.2) is 30.0 Å². The largest absolute Gasteiger partial charge is 0.355 e. The van der Waals surface area contributed by atoms with Crippen molar-refractivity contribution in [2.24, 2.45) is 5.92 Å². The maximum Gasteiger partial charge on any atom is 0.223 e. The molecule has 0 saturated carbocycles. The Hall–Kier alpha value is -1.24. The summed E-state index contributed by atoms with van der Waals surface area (Å²) < 4.78 is 0. The maximum absolute atomic E-state index is 12.2. The van der Waals surface area contributed by atoms with Gasteiger partial charge in [-0.1, -0.05) is 0 Å². The second-order valence-electron chi connectivity index (χ2n) is 6.14. The molecule has 4 nitrogen and oxygen atoms in total. The van der Waals surface area contributed by atoms with E-state index in [0.29, 0.717) is 12.6 Å². The summed E-state index contributed by atoms with van der Waals surface area (Å²) in [5.74, 6) is 0.383. The smallest absolute Gasteiger partial charge is 0.223 e. The van der Waals surface area contributed by atoms with E-state index in [1.54, 1.807) is 22.7 Å². The summed E-state index contributed by atoms with van der Waals surface area (Å²) >= 11 is 3.45. The Morgan fingerprint density at radius 2 is 2.35 bits per heavy atom. The van der Waals surface area contributed by atoms with Crippen LogP contribution < -0.4 is 10.6 Å². The second-order valence-corrected chi connectivity index (χ2v) is 8.37. The number of hydrogen-bond donors (Lipinski definition) is 2. The Bertz CT molecular complexity index is 664. The fourth-order valence-electron chi connectivity index (χ4n) is 2.95. The van der Waals surface area contributed by atoms with E-state index in [0.717, 1.165) is 36.5 Å². The summed E-state index contributed by atoms with van der Waals surface area (Å²) in [5.41, 5.74) is 1.07. The van der Waals surface area contributed by atoms with Crippen molar-refractivity contribution in [1.29, 1.82) is 0 Å². The van der Waals surface area contributed by atoms with Crippen LogP contribution in [0.4, 0.5) is 0 Å². The number of thiazole rings is 1. The van der Waals surface area contributed by atoms with Gasteiger partial charge >= 0.3 is 0 Å². The molecule has 2 atom stereocenters. The van der Waals surface area contributed by atoms with Gasteiger partial charge in [0.1, 0.15) is 0 Å². The van der Waals surface area contributed by atoms with Gasteiger partial charge in [0, 0.05) is 28.8 Å². The van der Waals surface area contributed by atoms with Crippen molar-refractivity contribution in [2.45, 2.75) is 39.2 Å². The van der Waals surface area contributed by atoms with Crippen LogP contribution >= 0.6 is 22.7 Å². The van der Waals surface area contributed by atoms with E-state index >= 15 is 0 Å². The van der Waals surface area contributed by atoms with Crippen LogP contribution in [0.5, 0.6) is 0 Å². The molecule has 0 aliphatic carbocycles. The summed E-state index contributed by atoms with van der Waals surface area (Å²) in [7, 11) is 0. The van der Waals surface area contributed by atoms with E-state index < -0.39 is 0 Å². The predicted octanol–water partition coefficient (Wildman–Crippen LogP) is 3.23. The summed E-state index contributed by atoms with van der Waals surface area (Å²) in [4.78, 5) is 19.3. The van der Waals surface area contributed by atoms with Crippen molar-refractivity contribution in [3.8, 4) is 10.6 Å². The average molecular weight is 350 g/mol. The van der Waals surface area contributed by atoms with Gasteiger partial charge < -0.3 is 10.6 Å². The van der Waals surface area contributed by atoms with Crippen LogP contribution in [0.2, 0.25) is 0 Å². The van der Waals surface area contributed by atoms with Crippen molar-refractivity contribution >= 4 is 28.6 Å². The molecule has 124 valence electrons. The number of carbonyl (C=O) groups is 1. The van der Waals surface area contributed by atoms with E-state index in [1.165, 1.54) is 9.75 Å². The Balaban J connectivity index is 1.47. The van der Waals surface area contributed by atoms with Crippen molar-refractivity contribution in [2.75, 3.05) is 13.1 Å². The number of nitrogens with one attached hydrogen (secondary N) is 2. The molecule has 3 heterocycles. The Morgan fingerprint density at radius 3 is 3.09 bits per heavy atom. The van der Waals surface area contributed by atoms with E-state index in [-0.39, 0.29) is 11.8 Å². The minimum absolute atomic E-state index is 0.170. The number of carbonyl (C=O) groups excluding carboxylic acids is 1. The average Bonchev–Trinajstić information content (AvgIpc) is 3.16. The molecule has 0 bridgehead atoms. The van der Waals surface area contributed by atoms with E-state index in [2.05, 4.69) is 40.1 Å². The van der Waals surface area contributed by atoms with Gasteiger partial charge in [0.05, 0.1) is 15.6 Å². The highest BCUT2D eigenvalue weighted by molar-refractivity contribution is 7.16. The Kier molecular flexibility index (Phi) is 5.46. The first-order valence-corrected chi connectivity index (χ1v) is 9.84.